The van der Waals surface area contributed by atoms with Crippen LogP contribution in [-0.4, -0.2) is 60.4 Å². The molecule has 0 fully saturated rings. The molecule has 4 rings (SSSR count). The number of rotatable bonds is 6. The van der Waals surface area contributed by atoms with Gasteiger partial charge in [0.25, 0.3) is 5.91 Å². The molecule has 0 saturated carbocycles. The molecule has 4 heterocycles. The molecule has 222 valence electrons. The SMILES string of the molecule is CC.CC(C)c1c2c(nn1C(C)C)CCN(C(C)C)C2.CC(C)c1c2c(nn1C(C)C)CCN(C(C)C)C2=O. The standard InChI is InChI=1S/C15H25N3O.C15H27N3.C2H6/c1-9(2)14-13-12(16-18(14)11(5)6)7-8-17(10(3)4)15(13)19;1-10(2)15-13-9-17(11(3)4)8-7-14(13)16-18(15)12(5)6;1-2/h9-11H,7-8H2,1-6H3;10-12H,7-9H2,1-6H3;1-2H3. The van der Waals surface area contributed by atoms with E-state index >= 15 is 0 Å². The molecule has 0 atom stereocenters. The van der Waals surface area contributed by atoms with Gasteiger partial charge in [-0.2, -0.15) is 10.2 Å². The summed E-state index contributed by atoms with van der Waals surface area (Å²) < 4.78 is 4.29. The fraction of sp³-hybridized carbons (Fsp3) is 0.781. The molecule has 7 nitrogen and oxygen atoms in total. The second-order valence-electron chi connectivity index (χ2n) is 12.6. The smallest absolute Gasteiger partial charge is 0.257 e. The van der Waals surface area contributed by atoms with Crippen LogP contribution in [0.3, 0.4) is 0 Å². The van der Waals surface area contributed by atoms with Gasteiger partial charge < -0.3 is 4.90 Å². The minimum atomic E-state index is 0.159. The van der Waals surface area contributed by atoms with Crippen LogP contribution >= 0.6 is 0 Å². The van der Waals surface area contributed by atoms with Crippen molar-refractivity contribution in [3.8, 4) is 0 Å². The van der Waals surface area contributed by atoms with Crippen molar-refractivity contribution in [1.29, 1.82) is 0 Å². The van der Waals surface area contributed by atoms with Crippen LogP contribution in [0.1, 0.15) is 160 Å². The quantitative estimate of drug-likeness (QED) is 0.382. The Hall–Kier alpha value is -2.15. The number of amides is 1. The van der Waals surface area contributed by atoms with Crippen molar-refractivity contribution in [2.45, 2.75) is 152 Å². The van der Waals surface area contributed by atoms with E-state index in [1.54, 1.807) is 0 Å². The van der Waals surface area contributed by atoms with Gasteiger partial charge in [0.15, 0.2) is 0 Å². The molecule has 2 aromatic rings. The third-order valence-electron chi connectivity index (χ3n) is 7.64. The van der Waals surface area contributed by atoms with Crippen LogP contribution in [-0.2, 0) is 19.4 Å². The van der Waals surface area contributed by atoms with E-state index in [4.69, 9.17) is 5.10 Å². The highest BCUT2D eigenvalue weighted by Gasteiger charge is 2.34. The molecular weight excluding hydrogens is 484 g/mol. The molecule has 1 amide bonds. The summed E-state index contributed by atoms with van der Waals surface area (Å²) in [5, 5.41) is 9.54. The molecule has 0 saturated heterocycles. The van der Waals surface area contributed by atoms with Gasteiger partial charge in [0.05, 0.1) is 22.6 Å². The maximum atomic E-state index is 12.7. The Morgan fingerprint density at radius 1 is 0.615 bits per heavy atom. The van der Waals surface area contributed by atoms with Crippen LogP contribution in [0.15, 0.2) is 0 Å². The number of aromatic nitrogens is 4. The van der Waals surface area contributed by atoms with Crippen LogP contribution in [0.25, 0.3) is 0 Å². The van der Waals surface area contributed by atoms with Gasteiger partial charge in [0, 0.05) is 67.9 Å². The molecule has 7 heteroatoms. The average molecular weight is 543 g/mol. The minimum absolute atomic E-state index is 0.159. The van der Waals surface area contributed by atoms with Gasteiger partial charge in [-0.3, -0.25) is 19.1 Å². The normalized spacial score (nSPS) is 15.7. The van der Waals surface area contributed by atoms with Gasteiger partial charge in [0.1, 0.15) is 0 Å². The first-order chi connectivity index (χ1) is 18.3. The number of carbonyl (C=O) groups excluding carboxylic acids is 1. The largest absolute Gasteiger partial charge is 0.336 e. The van der Waals surface area contributed by atoms with E-state index in [0.29, 0.717) is 30.0 Å². The summed E-state index contributed by atoms with van der Waals surface area (Å²) in [6.45, 7) is 33.3. The lowest BCUT2D eigenvalue weighted by Crippen LogP contribution is -2.42. The zero-order valence-corrected chi connectivity index (χ0v) is 27.6. The van der Waals surface area contributed by atoms with Gasteiger partial charge in [-0.05, 0) is 67.2 Å². The van der Waals surface area contributed by atoms with Crippen LogP contribution in [0, 0.1) is 0 Å². The fourth-order valence-corrected chi connectivity index (χ4v) is 5.70. The lowest BCUT2D eigenvalue weighted by molar-refractivity contribution is 0.0686. The molecule has 0 spiro atoms. The first-order valence-electron chi connectivity index (χ1n) is 15.5. The van der Waals surface area contributed by atoms with Crippen molar-refractivity contribution in [2.24, 2.45) is 0 Å². The molecule has 0 aliphatic carbocycles. The number of hydrogen-bond acceptors (Lipinski definition) is 4. The average Bonchev–Trinajstić information content (AvgIpc) is 3.45. The van der Waals surface area contributed by atoms with Gasteiger partial charge in [0.2, 0.25) is 0 Å². The van der Waals surface area contributed by atoms with E-state index in [1.807, 2.05) is 23.4 Å². The van der Waals surface area contributed by atoms with Gasteiger partial charge in [-0.15, -0.1) is 0 Å². The summed E-state index contributed by atoms with van der Waals surface area (Å²) in [5.41, 5.74) is 7.23. The lowest BCUT2D eigenvalue weighted by atomic mass is 9.97. The second kappa shape index (κ2) is 14.0. The van der Waals surface area contributed by atoms with Crippen molar-refractivity contribution in [3.05, 3.63) is 33.9 Å². The Kier molecular flexibility index (Phi) is 11.8. The van der Waals surface area contributed by atoms with E-state index in [9.17, 15) is 4.79 Å². The third-order valence-corrected chi connectivity index (χ3v) is 7.64. The topological polar surface area (TPSA) is 59.2 Å². The van der Waals surface area contributed by atoms with Crippen LogP contribution in [0.2, 0.25) is 0 Å². The first-order valence-corrected chi connectivity index (χ1v) is 15.5. The Morgan fingerprint density at radius 2 is 1.10 bits per heavy atom. The van der Waals surface area contributed by atoms with Crippen molar-refractivity contribution < 1.29 is 4.79 Å². The number of fused-ring (bicyclic) bond motifs is 2. The summed E-state index contributed by atoms with van der Waals surface area (Å²) >= 11 is 0. The van der Waals surface area contributed by atoms with E-state index in [2.05, 4.69) is 97.8 Å². The van der Waals surface area contributed by atoms with Gasteiger partial charge in [-0.25, -0.2) is 0 Å². The van der Waals surface area contributed by atoms with Crippen LogP contribution in [0.4, 0.5) is 0 Å². The highest BCUT2D eigenvalue weighted by atomic mass is 16.2. The lowest BCUT2D eigenvalue weighted by Gasteiger charge is -2.30. The molecule has 39 heavy (non-hydrogen) atoms. The van der Waals surface area contributed by atoms with Crippen LogP contribution in [0.5, 0.6) is 0 Å². The zero-order valence-electron chi connectivity index (χ0n) is 27.6. The monoisotopic (exact) mass is 542 g/mol. The molecule has 0 unspecified atom stereocenters. The Balaban J connectivity index is 0.000000258. The van der Waals surface area contributed by atoms with Gasteiger partial charge >= 0.3 is 0 Å². The number of carbonyl (C=O) groups is 1. The summed E-state index contributed by atoms with van der Waals surface area (Å²) in [6, 6.07) is 1.63. The Bertz CT molecular complexity index is 1070. The zero-order chi connectivity index (χ0) is 29.8. The van der Waals surface area contributed by atoms with Crippen molar-refractivity contribution in [2.75, 3.05) is 13.1 Å². The molecular formula is C32H58N6O. The predicted octanol–water partition coefficient (Wildman–Crippen LogP) is 7.37. The maximum absolute atomic E-state index is 12.7. The minimum Gasteiger partial charge on any atom is -0.336 e. The highest BCUT2D eigenvalue weighted by molar-refractivity contribution is 5.98. The summed E-state index contributed by atoms with van der Waals surface area (Å²) in [7, 11) is 0. The first kappa shape index (κ1) is 33.1. The van der Waals surface area contributed by atoms with Crippen molar-refractivity contribution in [3.63, 3.8) is 0 Å². The van der Waals surface area contributed by atoms with Gasteiger partial charge in [-0.1, -0.05) is 41.5 Å². The van der Waals surface area contributed by atoms with E-state index < -0.39 is 0 Å². The number of hydrogen-bond donors (Lipinski definition) is 0. The fourth-order valence-electron chi connectivity index (χ4n) is 5.70. The molecule has 2 aliphatic rings. The van der Waals surface area contributed by atoms with E-state index in [1.165, 1.54) is 17.0 Å². The molecule has 0 radical (unpaired) electrons. The predicted molar refractivity (Wildman–Crippen MR) is 164 cm³/mol. The second-order valence-corrected chi connectivity index (χ2v) is 12.6. The van der Waals surface area contributed by atoms with Crippen molar-refractivity contribution in [1.82, 2.24) is 29.4 Å². The van der Waals surface area contributed by atoms with Crippen LogP contribution < -0.4 is 0 Å². The number of nitrogens with zero attached hydrogens (tertiary/aromatic N) is 6. The molecule has 0 bridgehead atoms. The summed E-state index contributed by atoms with van der Waals surface area (Å²) in [4.78, 5) is 17.2. The molecule has 2 aliphatic heterocycles. The third kappa shape index (κ3) is 7.14. The Morgan fingerprint density at radius 3 is 1.56 bits per heavy atom. The molecule has 2 aromatic heterocycles. The highest BCUT2D eigenvalue weighted by Crippen LogP contribution is 2.31. The van der Waals surface area contributed by atoms with Crippen molar-refractivity contribution >= 4 is 5.91 Å². The molecule has 0 N–H and O–H groups in total. The summed E-state index contributed by atoms with van der Waals surface area (Å²) in [5.74, 6) is 1.03. The molecule has 0 aromatic carbocycles. The Labute approximate surface area is 239 Å². The maximum Gasteiger partial charge on any atom is 0.257 e. The summed E-state index contributed by atoms with van der Waals surface area (Å²) in [6.07, 6.45) is 1.98. The van der Waals surface area contributed by atoms with E-state index in [-0.39, 0.29) is 11.9 Å². The van der Waals surface area contributed by atoms with E-state index in [0.717, 1.165) is 49.4 Å².